The van der Waals surface area contributed by atoms with Crippen LogP contribution in [0.3, 0.4) is 0 Å². The third kappa shape index (κ3) is 3.51. The molecule has 0 radical (unpaired) electrons. The number of carboxylic acid groups (broad SMARTS) is 1. The molecule has 3 nitrogen and oxygen atoms in total. The first-order valence-electron chi connectivity index (χ1n) is 5.41. The van der Waals surface area contributed by atoms with Crippen LogP contribution in [0.25, 0.3) is 0 Å². The van der Waals surface area contributed by atoms with Crippen LogP contribution in [-0.4, -0.2) is 23.7 Å². The van der Waals surface area contributed by atoms with E-state index in [4.69, 9.17) is 28.3 Å². The van der Waals surface area contributed by atoms with Crippen molar-refractivity contribution in [3.8, 4) is 0 Å². The number of nitrogens with zero attached hydrogens (tertiary/aromatic N) is 1. The molecule has 0 saturated heterocycles. The van der Waals surface area contributed by atoms with Crippen LogP contribution in [-0.2, 0) is 4.79 Å². The van der Waals surface area contributed by atoms with Gasteiger partial charge in [0.05, 0.1) is 10.7 Å². The highest BCUT2D eigenvalue weighted by Crippen LogP contribution is 2.30. The van der Waals surface area contributed by atoms with Gasteiger partial charge in [-0.1, -0.05) is 30.1 Å². The minimum Gasteiger partial charge on any atom is -0.480 e. The quantitative estimate of drug-likeness (QED) is 0.891. The predicted octanol–water partition coefficient (Wildman–Crippen LogP) is 3.68. The molecule has 0 aromatic heterocycles. The molecule has 0 aliphatic carbocycles. The highest BCUT2D eigenvalue weighted by Gasteiger charge is 2.22. The maximum Gasteiger partial charge on any atom is 0.326 e. The summed E-state index contributed by atoms with van der Waals surface area (Å²) in [6, 6.07) is 4.46. The number of benzene rings is 1. The van der Waals surface area contributed by atoms with E-state index in [1.807, 2.05) is 6.92 Å². The molecule has 0 fully saturated rings. The Labute approximate surface area is 111 Å². The maximum absolute atomic E-state index is 11.1. The summed E-state index contributed by atoms with van der Waals surface area (Å²) in [6.07, 6.45) is 0.844. The number of hydrogen-bond donors (Lipinski definition) is 1. The van der Waals surface area contributed by atoms with Gasteiger partial charge in [0, 0.05) is 11.6 Å². The molecule has 17 heavy (non-hydrogen) atoms. The van der Waals surface area contributed by atoms with Crippen LogP contribution in [0.5, 0.6) is 0 Å². The molecule has 0 aliphatic rings. The molecule has 1 atom stereocenters. The van der Waals surface area contributed by atoms with E-state index < -0.39 is 12.0 Å². The van der Waals surface area contributed by atoms with Crippen LogP contribution < -0.4 is 4.90 Å². The first kappa shape index (κ1) is 14.1. The number of carbonyl (C=O) groups is 1. The zero-order valence-corrected chi connectivity index (χ0v) is 11.3. The van der Waals surface area contributed by atoms with Crippen LogP contribution in [0, 0.1) is 0 Å². The van der Waals surface area contributed by atoms with Gasteiger partial charge in [-0.05, 0) is 31.5 Å². The lowest BCUT2D eigenvalue weighted by atomic mass is 10.2. The largest absolute Gasteiger partial charge is 0.480 e. The predicted molar refractivity (Wildman–Crippen MR) is 71.2 cm³/mol. The number of carboxylic acids is 1. The molecular weight excluding hydrogens is 261 g/mol. The molecular formula is C12H15Cl2NO2. The van der Waals surface area contributed by atoms with Crippen LogP contribution in [0.2, 0.25) is 10.0 Å². The summed E-state index contributed by atoms with van der Waals surface area (Å²) in [5.41, 5.74) is 0.702. The lowest BCUT2D eigenvalue weighted by Gasteiger charge is -2.29. The fourth-order valence-electron chi connectivity index (χ4n) is 1.61. The molecule has 0 saturated carbocycles. The second kappa shape index (κ2) is 6.12. The normalized spacial score (nSPS) is 12.2. The molecule has 1 aromatic carbocycles. The molecule has 94 valence electrons. The van der Waals surface area contributed by atoms with Crippen LogP contribution in [0.4, 0.5) is 5.69 Å². The highest BCUT2D eigenvalue weighted by atomic mass is 35.5. The van der Waals surface area contributed by atoms with Crippen molar-refractivity contribution in [2.45, 2.75) is 26.3 Å². The maximum atomic E-state index is 11.1. The highest BCUT2D eigenvalue weighted by molar-refractivity contribution is 6.36. The Morgan fingerprint density at radius 2 is 2.12 bits per heavy atom. The second-order valence-corrected chi connectivity index (χ2v) is 4.65. The minimum absolute atomic E-state index is 0.471. The minimum atomic E-state index is -0.871. The zero-order chi connectivity index (χ0) is 13.0. The van der Waals surface area contributed by atoms with Crippen molar-refractivity contribution in [2.24, 2.45) is 0 Å². The van der Waals surface area contributed by atoms with E-state index in [9.17, 15) is 4.79 Å². The average molecular weight is 276 g/mol. The molecule has 0 amide bonds. The summed E-state index contributed by atoms with van der Waals surface area (Å²) in [5.74, 6) is -0.871. The van der Waals surface area contributed by atoms with Gasteiger partial charge in [-0.15, -0.1) is 0 Å². The zero-order valence-electron chi connectivity index (χ0n) is 9.78. The Bertz CT molecular complexity index is 409. The Hall–Kier alpha value is -0.930. The van der Waals surface area contributed by atoms with E-state index in [1.54, 1.807) is 30.0 Å². The average Bonchev–Trinajstić information content (AvgIpc) is 2.26. The van der Waals surface area contributed by atoms with E-state index in [1.165, 1.54) is 0 Å². The number of anilines is 1. The van der Waals surface area contributed by atoms with Crippen LogP contribution >= 0.6 is 23.2 Å². The smallest absolute Gasteiger partial charge is 0.326 e. The Balaban J connectivity index is 3.09. The second-order valence-electron chi connectivity index (χ2n) is 3.80. The lowest BCUT2D eigenvalue weighted by molar-refractivity contribution is -0.138. The van der Waals surface area contributed by atoms with E-state index in [0.717, 1.165) is 6.42 Å². The van der Waals surface area contributed by atoms with E-state index in [-0.39, 0.29) is 0 Å². The van der Waals surface area contributed by atoms with E-state index >= 15 is 0 Å². The molecule has 5 heteroatoms. The van der Waals surface area contributed by atoms with Gasteiger partial charge in [0.1, 0.15) is 6.04 Å². The Morgan fingerprint density at radius 1 is 1.47 bits per heavy atom. The van der Waals surface area contributed by atoms with E-state index in [2.05, 4.69) is 0 Å². The standard InChI is InChI=1S/C12H15Cl2NO2/c1-3-6-15(8(2)12(16)17)11-5-4-9(13)7-10(11)14/h4-5,7-8H,3,6H2,1-2H3,(H,16,17). The Morgan fingerprint density at radius 3 is 2.59 bits per heavy atom. The van der Waals surface area contributed by atoms with E-state index in [0.29, 0.717) is 22.3 Å². The lowest BCUT2D eigenvalue weighted by Crippen LogP contribution is -2.39. The van der Waals surface area contributed by atoms with Gasteiger partial charge < -0.3 is 10.0 Å². The molecule has 1 rings (SSSR count). The SMILES string of the molecule is CCCN(c1ccc(Cl)cc1Cl)C(C)C(=O)O. The summed E-state index contributed by atoms with van der Waals surface area (Å²) in [5, 5.41) is 10.1. The van der Waals surface area contributed by atoms with Gasteiger partial charge in [-0.3, -0.25) is 0 Å². The summed E-state index contributed by atoms with van der Waals surface area (Å²) in [6.45, 7) is 4.27. The monoisotopic (exact) mass is 275 g/mol. The topological polar surface area (TPSA) is 40.5 Å². The molecule has 1 aromatic rings. The first-order valence-corrected chi connectivity index (χ1v) is 6.17. The molecule has 1 unspecified atom stereocenters. The van der Waals surface area contributed by atoms with Gasteiger partial charge in [0.15, 0.2) is 0 Å². The van der Waals surface area contributed by atoms with Crippen LogP contribution in [0.1, 0.15) is 20.3 Å². The summed E-state index contributed by atoms with van der Waals surface area (Å²) < 4.78 is 0. The van der Waals surface area contributed by atoms with Crippen molar-refractivity contribution >= 4 is 34.9 Å². The number of rotatable bonds is 5. The molecule has 0 bridgehead atoms. The van der Waals surface area contributed by atoms with Crippen molar-refractivity contribution < 1.29 is 9.90 Å². The third-order valence-electron chi connectivity index (χ3n) is 2.51. The summed E-state index contributed by atoms with van der Waals surface area (Å²) in [7, 11) is 0. The van der Waals surface area contributed by atoms with Crippen molar-refractivity contribution in [1.82, 2.24) is 0 Å². The Kier molecular flexibility index (Phi) is 5.09. The number of aliphatic carboxylic acids is 1. The van der Waals surface area contributed by atoms with Crippen molar-refractivity contribution in [1.29, 1.82) is 0 Å². The fraction of sp³-hybridized carbons (Fsp3) is 0.417. The summed E-state index contributed by atoms with van der Waals surface area (Å²) in [4.78, 5) is 12.8. The van der Waals surface area contributed by atoms with Crippen molar-refractivity contribution in [2.75, 3.05) is 11.4 Å². The van der Waals surface area contributed by atoms with Crippen LogP contribution in [0.15, 0.2) is 18.2 Å². The van der Waals surface area contributed by atoms with Crippen molar-refractivity contribution in [3.63, 3.8) is 0 Å². The third-order valence-corrected chi connectivity index (χ3v) is 3.05. The fourth-order valence-corrected chi connectivity index (χ4v) is 2.13. The van der Waals surface area contributed by atoms with Gasteiger partial charge in [-0.25, -0.2) is 4.79 Å². The molecule has 0 aliphatic heterocycles. The number of halogens is 2. The van der Waals surface area contributed by atoms with Gasteiger partial charge in [0.2, 0.25) is 0 Å². The van der Waals surface area contributed by atoms with Crippen molar-refractivity contribution in [3.05, 3.63) is 28.2 Å². The molecule has 0 spiro atoms. The van der Waals surface area contributed by atoms with Gasteiger partial charge >= 0.3 is 5.97 Å². The summed E-state index contributed by atoms with van der Waals surface area (Å²) >= 11 is 11.9. The molecule has 1 N–H and O–H groups in total. The molecule has 0 heterocycles. The van der Waals surface area contributed by atoms with Gasteiger partial charge in [-0.2, -0.15) is 0 Å². The van der Waals surface area contributed by atoms with Gasteiger partial charge in [0.25, 0.3) is 0 Å². The first-order chi connectivity index (χ1) is 7.97. The number of hydrogen-bond acceptors (Lipinski definition) is 2.